The largest absolute Gasteiger partial charge is 0.0856 e. The van der Waals surface area contributed by atoms with Crippen molar-refractivity contribution in [2.45, 2.75) is 60.3 Å². The summed E-state index contributed by atoms with van der Waals surface area (Å²) in [5.41, 5.74) is 4.42. The highest BCUT2D eigenvalue weighted by molar-refractivity contribution is 5.07. The van der Waals surface area contributed by atoms with E-state index in [0.29, 0.717) is 0 Å². The van der Waals surface area contributed by atoms with E-state index >= 15 is 0 Å². The van der Waals surface area contributed by atoms with Gasteiger partial charge in [0.15, 0.2) is 0 Å². The Kier molecular flexibility index (Phi) is 8.08. The zero-order chi connectivity index (χ0) is 11.7. The first kappa shape index (κ1) is 14.2. The summed E-state index contributed by atoms with van der Waals surface area (Å²) in [5.74, 6) is 0. The van der Waals surface area contributed by atoms with Crippen molar-refractivity contribution < 1.29 is 0 Å². The van der Waals surface area contributed by atoms with Gasteiger partial charge in [0, 0.05) is 0 Å². The van der Waals surface area contributed by atoms with Gasteiger partial charge in [0.05, 0.1) is 0 Å². The second-order valence-corrected chi connectivity index (χ2v) is 4.51. The van der Waals surface area contributed by atoms with Gasteiger partial charge in [-0.05, 0) is 53.4 Å². The average Bonchev–Trinajstić information content (AvgIpc) is 2.17. The van der Waals surface area contributed by atoms with Crippen LogP contribution in [0.5, 0.6) is 0 Å². The molecule has 0 aromatic heterocycles. The first-order valence-corrected chi connectivity index (χ1v) is 6.00. The van der Waals surface area contributed by atoms with Gasteiger partial charge < -0.3 is 0 Å². The molecule has 0 heteroatoms. The number of hydrogen-bond donors (Lipinski definition) is 0. The second kappa shape index (κ2) is 8.52. The third-order valence-electron chi connectivity index (χ3n) is 2.58. The minimum absolute atomic E-state index is 1.10. The van der Waals surface area contributed by atoms with Gasteiger partial charge in [0.2, 0.25) is 0 Å². The molecule has 0 aliphatic heterocycles. The Labute approximate surface area is 95.8 Å². The van der Waals surface area contributed by atoms with Crippen LogP contribution in [0.4, 0.5) is 0 Å². The lowest BCUT2D eigenvalue weighted by Crippen LogP contribution is -1.78. The summed E-state index contributed by atoms with van der Waals surface area (Å²) < 4.78 is 0. The topological polar surface area (TPSA) is 0 Å². The molecule has 0 atom stereocenters. The second-order valence-electron chi connectivity index (χ2n) is 4.51. The lowest BCUT2D eigenvalue weighted by atomic mass is 10.1. The molecular weight excluding hydrogens is 180 g/mol. The maximum atomic E-state index is 2.35. The predicted molar refractivity (Wildman–Crippen MR) is 71.1 cm³/mol. The molecule has 0 aromatic rings. The Morgan fingerprint density at radius 1 is 0.867 bits per heavy atom. The molecule has 15 heavy (non-hydrogen) atoms. The van der Waals surface area contributed by atoms with Crippen LogP contribution in [0, 0.1) is 0 Å². The smallest absolute Gasteiger partial charge is 0.0164 e. The fourth-order valence-corrected chi connectivity index (χ4v) is 1.30. The van der Waals surface area contributed by atoms with E-state index in [0.717, 1.165) is 6.42 Å². The van der Waals surface area contributed by atoms with Crippen molar-refractivity contribution in [1.29, 1.82) is 0 Å². The minimum Gasteiger partial charge on any atom is -0.0856 e. The van der Waals surface area contributed by atoms with Crippen molar-refractivity contribution in [3.8, 4) is 0 Å². The van der Waals surface area contributed by atoms with Crippen LogP contribution in [0.25, 0.3) is 0 Å². The molecule has 0 unspecified atom stereocenters. The van der Waals surface area contributed by atoms with Gasteiger partial charge in [0.1, 0.15) is 0 Å². The van der Waals surface area contributed by atoms with Crippen molar-refractivity contribution in [2.24, 2.45) is 0 Å². The lowest BCUT2D eigenvalue weighted by molar-refractivity contribution is 0.956. The molecule has 0 bridgehead atoms. The molecule has 0 saturated heterocycles. The summed E-state index contributed by atoms with van der Waals surface area (Å²) in [7, 11) is 0. The summed E-state index contributed by atoms with van der Waals surface area (Å²) in [6.07, 6.45) is 11.6. The van der Waals surface area contributed by atoms with Crippen LogP contribution in [-0.4, -0.2) is 0 Å². The highest BCUT2D eigenvalue weighted by Crippen LogP contribution is 2.09. The van der Waals surface area contributed by atoms with Gasteiger partial charge in [-0.15, -0.1) is 0 Å². The van der Waals surface area contributed by atoms with Gasteiger partial charge in [-0.1, -0.05) is 41.9 Å². The van der Waals surface area contributed by atoms with Crippen molar-refractivity contribution in [3.05, 3.63) is 34.9 Å². The molecule has 0 spiro atoms. The van der Waals surface area contributed by atoms with E-state index in [4.69, 9.17) is 0 Å². The van der Waals surface area contributed by atoms with Gasteiger partial charge >= 0.3 is 0 Å². The molecule has 0 N–H and O–H groups in total. The van der Waals surface area contributed by atoms with Crippen LogP contribution in [-0.2, 0) is 0 Å². The Balaban J connectivity index is 3.85. The standard InChI is InChI=1S/C15H26/c1-6-14(4)10-8-12-15(5)11-7-9-13(2)3/h9-10,12H,6-8,11H2,1-5H3/b14-10+,15-12+. The van der Waals surface area contributed by atoms with Crippen LogP contribution in [0.3, 0.4) is 0 Å². The highest BCUT2D eigenvalue weighted by atomic mass is 13.9. The predicted octanol–water partition coefficient (Wildman–Crippen LogP) is 5.43. The van der Waals surface area contributed by atoms with Crippen LogP contribution < -0.4 is 0 Å². The van der Waals surface area contributed by atoms with E-state index in [2.05, 4.69) is 52.8 Å². The molecule has 0 aliphatic rings. The lowest BCUT2D eigenvalue weighted by Gasteiger charge is -1.98. The Bertz CT molecular complexity index is 247. The highest BCUT2D eigenvalue weighted by Gasteiger charge is 1.88. The molecular formula is C15H26. The summed E-state index contributed by atoms with van der Waals surface area (Å²) in [6, 6.07) is 0. The van der Waals surface area contributed by atoms with Crippen molar-refractivity contribution in [2.75, 3.05) is 0 Å². The van der Waals surface area contributed by atoms with E-state index in [1.807, 2.05) is 0 Å². The summed E-state index contributed by atoms with van der Waals surface area (Å²) in [5, 5.41) is 0. The Hall–Kier alpha value is -0.780. The van der Waals surface area contributed by atoms with E-state index < -0.39 is 0 Å². The normalized spacial score (nSPS) is 12.9. The summed E-state index contributed by atoms with van der Waals surface area (Å²) >= 11 is 0. The molecule has 0 saturated carbocycles. The maximum absolute atomic E-state index is 2.35. The third kappa shape index (κ3) is 9.52. The first-order valence-electron chi connectivity index (χ1n) is 6.00. The quantitative estimate of drug-likeness (QED) is 0.509. The van der Waals surface area contributed by atoms with Gasteiger partial charge in [-0.25, -0.2) is 0 Å². The molecule has 0 aliphatic carbocycles. The zero-order valence-corrected chi connectivity index (χ0v) is 11.1. The maximum Gasteiger partial charge on any atom is -0.0164 e. The Morgan fingerprint density at radius 2 is 1.47 bits per heavy atom. The Morgan fingerprint density at radius 3 is 2.00 bits per heavy atom. The zero-order valence-electron chi connectivity index (χ0n) is 11.1. The summed E-state index contributed by atoms with van der Waals surface area (Å²) in [6.45, 7) is 11.0. The molecule has 86 valence electrons. The van der Waals surface area contributed by atoms with E-state index in [9.17, 15) is 0 Å². The molecule has 0 rings (SSSR count). The van der Waals surface area contributed by atoms with E-state index in [1.165, 1.54) is 36.0 Å². The molecule has 0 aromatic carbocycles. The minimum atomic E-state index is 1.10. The van der Waals surface area contributed by atoms with Crippen molar-refractivity contribution in [3.63, 3.8) is 0 Å². The van der Waals surface area contributed by atoms with Crippen LogP contribution in [0.15, 0.2) is 34.9 Å². The molecule has 0 amide bonds. The molecule has 0 radical (unpaired) electrons. The fourth-order valence-electron chi connectivity index (χ4n) is 1.30. The van der Waals surface area contributed by atoms with Crippen molar-refractivity contribution in [1.82, 2.24) is 0 Å². The molecule has 0 nitrogen and oxygen atoms in total. The van der Waals surface area contributed by atoms with Gasteiger partial charge in [-0.2, -0.15) is 0 Å². The SMILES string of the molecule is CC/C(C)=C/C/C=C(\C)CCC=C(C)C. The molecule has 0 heterocycles. The van der Waals surface area contributed by atoms with Gasteiger partial charge in [-0.3, -0.25) is 0 Å². The van der Waals surface area contributed by atoms with E-state index in [-0.39, 0.29) is 0 Å². The number of allylic oxidation sites excluding steroid dienone is 6. The average molecular weight is 206 g/mol. The molecule has 0 fully saturated rings. The van der Waals surface area contributed by atoms with E-state index in [1.54, 1.807) is 0 Å². The van der Waals surface area contributed by atoms with Gasteiger partial charge in [0.25, 0.3) is 0 Å². The summed E-state index contributed by atoms with van der Waals surface area (Å²) in [4.78, 5) is 0. The fraction of sp³-hybridized carbons (Fsp3) is 0.600. The number of rotatable bonds is 6. The first-order chi connectivity index (χ1) is 7.06. The monoisotopic (exact) mass is 206 g/mol. The van der Waals surface area contributed by atoms with Crippen molar-refractivity contribution >= 4 is 0 Å². The number of hydrogen-bond acceptors (Lipinski definition) is 0. The van der Waals surface area contributed by atoms with Crippen LogP contribution >= 0.6 is 0 Å². The third-order valence-corrected chi connectivity index (χ3v) is 2.58. The van der Waals surface area contributed by atoms with Crippen LogP contribution in [0.1, 0.15) is 60.3 Å². The van der Waals surface area contributed by atoms with Crippen LogP contribution in [0.2, 0.25) is 0 Å².